The van der Waals surface area contributed by atoms with Crippen molar-refractivity contribution in [2.24, 2.45) is 0 Å². The molecule has 0 atom stereocenters. The van der Waals surface area contributed by atoms with E-state index in [1.165, 1.54) is 30.5 Å². The van der Waals surface area contributed by atoms with Gasteiger partial charge in [0.15, 0.2) is 0 Å². The molecular weight excluding hydrogens is 198 g/mol. The second kappa shape index (κ2) is 5.59. The van der Waals surface area contributed by atoms with E-state index in [1.54, 1.807) is 0 Å². The molecule has 1 aliphatic heterocycles. The first-order valence-corrected chi connectivity index (χ1v) is 6.08. The van der Waals surface area contributed by atoms with Crippen LogP contribution in [-0.4, -0.2) is 13.2 Å². The number of rotatable bonds is 5. The van der Waals surface area contributed by atoms with Crippen LogP contribution in [0.4, 0.5) is 0 Å². The minimum absolute atomic E-state index is 0.674. The van der Waals surface area contributed by atoms with E-state index in [9.17, 15) is 0 Å². The Bertz CT molecular complexity index is 371. The van der Waals surface area contributed by atoms with Crippen LogP contribution in [0.3, 0.4) is 0 Å². The number of nitrogens with one attached hydrogen (secondary N) is 1. The van der Waals surface area contributed by atoms with E-state index in [-0.39, 0.29) is 0 Å². The summed E-state index contributed by atoms with van der Waals surface area (Å²) in [5.74, 6) is 0.989. The molecule has 1 aromatic carbocycles. The topological polar surface area (TPSA) is 21.3 Å². The van der Waals surface area contributed by atoms with Gasteiger partial charge in [0.1, 0.15) is 12.4 Å². The zero-order valence-electron chi connectivity index (χ0n) is 9.83. The van der Waals surface area contributed by atoms with E-state index in [1.807, 2.05) is 12.1 Å². The highest BCUT2D eigenvalue weighted by atomic mass is 16.5. The van der Waals surface area contributed by atoms with Crippen molar-refractivity contribution in [2.45, 2.75) is 26.2 Å². The van der Waals surface area contributed by atoms with Crippen molar-refractivity contribution in [3.8, 4) is 5.75 Å². The highest BCUT2D eigenvalue weighted by Crippen LogP contribution is 2.27. The molecule has 0 aliphatic carbocycles. The summed E-state index contributed by atoms with van der Waals surface area (Å²) in [6.07, 6.45) is 5.91. The summed E-state index contributed by atoms with van der Waals surface area (Å²) in [6, 6.07) is 8.19. The summed E-state index contributed by atoms with van der Waals surface area (Å²) in [5.41, 5.74) is 2.41. The molecule has 1 heterocycles. The first kappa shape index (κ1) is 11.1. The highest BCUT2D eigenvalue weighted by Gasteiger charge is 2.11. The van der Waals surface area contributed by atoms with Gasteiger partial charge in [0.2, 0.25) is 0 Å². The summed E-state index contributed by atoms with van der Waals surface area (Å²) in [4.78, 5) is 0. The molecule has 0 saturated carbocycles. The molecule has 0 aromatic heterocycles. The standard InChI is InChI=1S/C14H19NO/c1-2-3-6-10-15-13-9-11-16-14-8-5-4-7-12(13)14/h4-5,7-9,15H,2-3,6,10-11H2,1H3. The van der Waals surface area contributed by atoms with E-state index in [2.05, 4.69) is 30.4 Å². The molecule has 1 N–H and O–H groups in total. The number of hydrogen-bond acceptors (Lipinski definition) is 2. The summed E-state index contributed by atoms with van der Waals surface area (Å²) < 4.78 is 5.56. The molecule has 0 radical (unpaired) electrons. The average Bonchev–Trinajstić information content (AvgIpc) is 2.35. The predicted molar refractivity (Wildman–Crippen MR) is 67.4 cm³/mol. The molecule has 0 amide bonds. The van der Waals surface area contributed by atoms with Crippen LogP contribution < -0.4 is 10.1 Å². The van der Waals surface area contributed by atoms with E-state index in [0.717, 1.165) is 12.3 Å². The molecule has 2 rings (SSSR count). The molecule has 1 aliphatic rings. The zero-order chi connectivity index (χ0) is 11.2. The number of hydrogen-bond donors (Lipinski definition) is 1. The van der Waals surface area contributed by atoms with E-state index in [0.29, 0.717) is 6.61 Å². The van der Waals surface area contributed by atoms with Gasteiger partial charge < -0.3 is 10.1 Å². The predicted octanol–water partition coefficient (Wildman–Crippen LogP) is 3.20. The summed E-state index contributed by atoms with van der Waals surface area (Å²) >= 11 is 0. The molecule has 0 unspecified atom stereocenters. The van der Waals surface area contributed by atoms with Gasteiger partial charge in [-0.15, -0.1) is 0 Å². The fourth-order valence-corrected chi connectivity index (χ4v) is 1.91. The van der Waals surface area contributed by atoms with Crippen molar-refractivity contribution in [1.29, 1.82) is 0 Å². The molecule has 16 heavy (non-hydrogen) atoms. The van der Waals surface area contributed by atoms with Gasteiger partial charge in [-0.1, -0.05) is 31.9 Å². The Hall–Kier alpha value is -1.44. The van der Waals surface area contributed by atoms with Crippen LogP contribution in [0, 0.1) is 0 Å². The smallest absolute Gasteiger partial charge is 0.129 e. The molecule has 0 saturated heterocycles. The number of benzene rings is 1. The lowest BCUT2D eigenvalue weighted by Crippen LogP contribution is -2.18. The van der Waals surface area contributed by atoms with E-state index >= 15 is 0 Å². The van der Waals surface area contributed by atoms with Crippen molar-refractivity contribution in [3.63, 3.8) is 0 Å². The van der Waals surface area contributed by atoms with Crippen molar-refractivity contribution < 1.29 is 4.74 Å². The quantitative estimate of drug-likeness (QED) is 0.765. The van der Waals surface area contributed by atoms with E-state index in [4.69, 9.17) is 4.74 Å². The Morgan fingerprint density at radius 3 is 3.00 bits per heavy atom. The van der Waals surface area contributed by atoms with Crippen LogP contribution in [0.5, 0.6) is 5.75 Å². The highest BCUT2D eigenvalue weighted by molar-refractivity contribution is 5.70. The largest absolute Gasteiger partial charge is 0.489 e. The number of fused-ring (bicyclic) bond motifs is 1. The molecule has 2 nitrogen and oxygen atoms in total. The third kappa shape index (κ3) is 2.57. The van der Waals surface area contributed by atoms with Crippen LogP contribution in [0.1, 0.15) is 31.7 Å². The maximum atomic E-state index is 5.56. The Morgan fingerprint density at radius 2 is 2.12 bits per heavy atom. The summed E-state index contributed by atoms with van der Waals surface area (Å²) in [7, 11) is 0. The van der Waals surface area contributed by atoms with Crippen molar-refractivity contribution in [2.75, 3.05) is 13.2 Å². The first-order chi connectivity index (χ1) is 7.92. The molecule has 0 fully saturated rings. The lowest BCUT2D eigenvalue weighted by atomic mass is 10.1. The molecule has 2 heteroatoms. The summed E-state index contributed by atoms with van der Waals surface area (Å²) in [6.45, 7) is 3.95. The van der Waals surface area contributed by atoms with Gasteiger partial charge >= 0.3 is 0 Å². The van der Waals surface area contributed by atoms with Gasteiger partial charge in [-0.05, 0) is 24.6 Å². The maximum absolute atomic E-state index is 5.56. The second-order valence-corrected chi connectivity index (χ2v) is 4.06. The second-order valence-electron chi connectivity index (χ2n) is 4.06. The third-order valence-electron chi connectivity index (χ3n) is 2.80. The molecule has 0 spiro atoms. The minimum atomic E-state index is 0.674. The Labute approximate surface area is 97.3 Å². The van der Waals surface area contributed by atoms with Gasteiger partial charge in [0.25, 0.3) is 0 Å². The normalized spacial score (nSPS) is 13.7. The van der Waals surface area contributed by atoms with Gasteiger partial charge in [-0.3, -0.25) is 0 Å². The number of ether oxygens (including phenoxy) is 1. The van der Waals surface area contributed by atoms with Crippen LogP contribution in [0.15, 0.2) is 30.3 Å². The Morgan fingerprint density at radius 1 is 1.25 bits per heavy atom. The third-order valence-corrected chi connectivity index (χ3v) is 2.80. The Balaban J connectivity index is 1.97. The minimum Gasteiger partial charge on any atom is -0.489 e. The van der Waals surface area contributed by atoms with Crippen LogP contribution >= 0.6 is 0 Å². The van der Waals surface area contributed by atoms with Crippen molar-refractivity contribution in [1.82, 2.24) is 5.32 Å². The molecule has 86 valence electrons. The maximum Gasteiger partial charge on any atom is 0.129 e. The molecule has 0 bridgehead atoms. The lowest BCUT2D eigenvalue weighted by Gasteiger charge is -2.19. The molecular formula is C14H19NO. The lowest BCUT2D eigenvalue weighted by molar-refractivity contribution is 0.356. The van der Waals surface area contributed by atoms with Crippen molar-refractivity contribution in [3.05, 3.63) is 35.9 Å². The first-order valence-electron chi connectivity index (χ1n) is 6.08. The van der Waals surface area contributed by atoms with Gasteiger partial charge in [0.05, 0.1) is 0 Å². The van der Waals surface area contributed by atoms with Crippen molar-refractivity contribution >= 4 is 5.70 Å². The average molecular weight is 217 g/mol. The zero-order valence-corrected chi connectivity index (χ0v) is 9.83. The van der Waals surface area contributed by atoms with Gasteiger partial charge in [-0.2, -0.15) is 0 Å². The van der Waals surface area contributed by atoms with E-state index < -0.39 is 0 Å². The SMILES string of the molecule is CCCCCNC1=CCOc2ccccc21. The van der Waals surface area contributed by atoms with Crippen LogP contribution in [-0.2, 0) is 0 Å². The van der Waals surface area contributed by atoms with Crippen LogP contribution in [0.25, 0.3) is 5.70 Å². The Kier molecular flexibility index (Phi) is 3.86. The number of para-hydroxylation sites is 1. The van der Waals surface area contributed by atoms with Crippen LogP contribution in [0.2, 0.25) is 0 Å². The summed E-state index contributed by atoms with van der Waals surface area (Å²) in [5, 5.41) is 3.49. The fourth-order valence-electron chi connectivity index (χ4n) is 1.91. The molecule has 1 aromatic rings. The van der Waals surface area contributed by atoms with Gasteiger partial charge in [0, 0.05) is 17.8 Å². The monoisotopic (exact) mass is 217 g/mol. The number of unbranched alkanes of at least 4 members (excludes halogenated alkanes) is 2. The fraction of sp³-hybridized carbons (Fsp3) is 0.429. The van der Waals surface area contributed by atoms with Gasteiger partial charge in [-0.25, -0.2) is 0 Å².